The van der Waals surface area contributed by atoms with Crippen molar-refractivity contribution in [3.8, 4) is 0 Å². The predicted octanol–water partition coefficient (Wildman–Crippen LogP) is 0.530. The van der Waals surface area contributed by atoms with Crippen LogP contribution in [-0.4, -0.2) is 50.7 Å². The fourth-order valence-corrected chi connectivity index (χ4v) is 2.91. The Hall–Kier alpha value is -2.48. The van der Waals surface area contributed by atoms with Crippen LogP contribution in [0, 0.1) is 0 Å². The van der Waals surface area contributed by atoms with Gasteiger partial charge in [-0.1, -0.05) is 0 Å². The van der Waals surface area contributed by atoms with E-state index in [4.69, 9.17) is 5.73 Å². The van der Waals surface area contributed by atoms with Gasteiger partial charge in [-0.25, -0.2) is 4.98 Å². The number of carbonyl (C=O) groups excluding carboxylic acids is 1. The minimum Gasteiger partial charge on any atom is -0.384 e. The summed E-state index contributed by atoms with van der Waals surface area (Å²) >= 11 is 0. The largest absolute Gasteiger partial charge is 0.384 e. The summed E-state index contributed by atoms with van der Waals surface area (Å²) in [6.45, 7) is 0.764. The molecule has 2 heterocycles. The van der Waals surface area contributed by atoms with Crippen molar-refractivity contribution in [2.75, 3.05) is 19.8 Å². The SMILES string of the molecule is CN(C)Cc1nnc(C2CC(NC(=O)c3ccc(N)nc3)C2)n1C. The number of carbonyl (C=O) groups is 1. The number of rotatable bonds is 5. The zero-order chi connectivity index (χ0) is 17.3. The molecular weight excluding hydrogens is 306 g/mol. The molecule has 8 heteroatoms. The number of pyridine rings is 1. The van der Waals surface area contributed by atoms with Gasteiger partial charge >= 0.3 is 0 Å². The Bertz CT molecular complexity index is 717. The number of amides is 1. The van der Waals surface area contributed by atoms with E-state index < -0.39 is 0 Å². The van der Waals surface area contributed by atoms with E-state index in [0.717, 1.165) is 31.0 Å². The quantitative estimate of drug-likeness (QED) is 0.829. The van der Waals surface area contributed by atoms with Crippen LogP contribution in [0.1, 0.15) is 40.8 Å². The lowest BCUT2D eigenvalue weighted by Crippen LogP contribution is -2.44. The average molecular weight is 329 g/mol. The molecule has 1 saturated carbocycles. The van der Waals surface area contributed by atoms with Crippen molar-refractivity contribution in [3.63, 3.8) is 0 Å². The molecule has 3 N–H and O–H groups in total. The molecule has 1 fully saturated rings. The standard InChI is InChI=1S/C16H23N7O/c1-22(2)9-14-20-21-15(23(14)3)11-6-12(7-11)19-16(24)10-4-5-13(17)18-8-10/h4-5,8,11-12H,6-7,9H2,1-3H3,(H2,17,18)(H,19,24). The van der Waals surface area contributed by atoms with E-state index in [1.165, 1.54) is 6.20 Å². The minimum atomic E-state index is -0.114. The molecule has 8 nitrogen and oxygen atoms in total. The van der Waals surface area contributed by atoms with Crippen LogP contribution in [0.25, 0.3) is 0 Å². The molecule has 0 spiro atoms. The van der Waals surface area contributed by atoms with E-state index in [2.05, 4.69) is 30.0 Å². The molecule has 1 aliphatic carbocycles. The Morgan fingerprint density at radius 3 is 2.75 bits per heavy atom. The highest BCUT2D eigenvalue weighted by molar-refractivity contribution is 5.94. The van der Waals surface area contributed by atoms with Crippen LogP contribution in [0.4, 0.5) is 5.82 Å². The van der Waals surface area contributed by atoms with Crippen molar-refractivity contribution >= 4 is 11.7 Å². The lowest BCUT2D eigenvalue weighted by Gasteiger charge is -2.35. The summed E-state index contributed by atoms with van der Waals surface area (Å²) < 4.78 is 2.06. The van der Waals surface area contributed by atoms with Crippen molar-refractivity contribution in [1.29, 1.82) is 0 Å². The van der Waals surface area contributed by atoms with E-state index in [-0.39, 0.29) is 11.9 Å². The molecule has 0 bridgehead atoms. The van der Waals surface area contributed by atoms with Gasteiger partial charge in [0.15, 0.2) is 0 Å². The van der Waals surface area contributed by atoms with Crippen LogP contribution < -0.4 is 11.1 Å². The number of nitrogens with two attached hydrogens (primary N) is 1. The third-order valence-electron chi connectivity index (χ3n) is 4.34. The summed E-state index contributed by atoms with van der Waals surface area (Å²) in [6, 6.07) is 3.47. The van der Waals surface area contributed by atoms with Crippen molar-refractivity contribution < 1.29 is 4.79 Å². The first kappa shape index (κ1) is 16.4. The lowest BCUT2D eigenvalue weighted by molar-refractivity contribution is 0.0906. The molecule has 0 aromatic carbocycles. The number of nitrogens with one attached hydrogen (secondary N) is 1. The van der Waals surface area contributed by atoms with Gasteiger partial charge in [-0.15, -0.1) is 10.2 Å². The molecular formula is C16H23N7O. The predicted molar refractivity (Wildman–Crippen MR) is 90.3 cm³/mol. The third kappa shape index (κ3) is 3.38. The second-order valence-corrected chi connectivity index (χ2v) is 6.58. The number of aromatic nitrogens is 4. The topological polar surface area (TPSA) is 102 Å². The smallest absolute Gasteiger partial charge is 0.253 e. The van der Waals surface area contributed by atoms with Gasteiger partial charge < -0.3 is 20.5 Å². The molecule has 1 aliphatic rings. The van der Waals surface area contributed by atoms with Crippen LogP contribution in [0.5, 0.6) is 0 Å². The molecule has 3 rings (SSSR count). The van der Waals surface area contributed by atoms with Gasteiger partial charge in [-0.05, 0) is 39.1 Å². The van der Waals surface area contributed by atoms with E-state index >= 15 is 0 Å². The van der Waals surface area contributed by atoms with E-state index in [0.29, 0.717) is 17.3 Å². The molecule has 0 saturated heterocycles. The fourth-order valence-electron chi connectivity index (χ4n) is 2.91. The molecule has 0 atom stereocenters. The van der Waals surface area contributed by atoms with Crippen molar-refractivity contribution in [2.24, 2.45) is 7.05 Å². The molecule has 24 heavy (non-hydrogen) atoms. The van der Waals surface area contributed by atoms with Crippen molar-refractivity contribution in [2.45, 2.75) is 31.3 Å². The molecule has 1 amide bonds. The monoisotopic (exact) mass is 329 g/mol. The van der Waals surface area contributed by atoms with Gasteiger partial charge in [-0.3, -0.25) is 4.79 Å². The Kier molecular flexibility index (Phi) is 4.48. The fraction of sp³-hybridized carbons (Fsp3) is 0.500. The average Bonchev–Trinajstić information content (AvgIpc) is 2.83. The highest BCUT2D eigenvalue weighted by Crippen LogP contribution is 2.36. The molecule has 0 radical (unpaired) electrons. The molecule has 2 aromatic rings. The maximum absolute atomic E-state index is 12.2. The second-order valence-electron chi connectivity index (χ2n) is 6.58. The number of hydrogen-bond donors (Lipinski definition) is 2. The zero-order valence-corrected chi connectivity index (χ0v) is 14.2. The van der Waals surface area contributed by atoms with Gasteiger partial charge in [0.05, 0.1) is 12.1 Å². The number of nitrogen functional groups attached to an aromatic ring is 1. The summed E-state index contributed by atoms with van der Waals surface area (Å²) in [5.74, 6) is 2.58. The maximum atomic E-state index is 12.2. The third-order valence-corrected chi connectivity index (χ3v) is 4.34. The maximum Gasteiger partial charge on any atom is 0.253 e. The molecule has 0 unspecified atom stereocenters. The summed E-state index contributed by atoms with van der Waals surface area (Å²) in [7, 11) is 6.02. The second kappa shape index (κ2) is 6.56. The van der Waals surface area contributed by atoms with Crippen LogP contribution in [0.3, 0.4) is 0 Å². The Labute approximate surface area is 141 Å². The summed E-state index contributed by atoms with van der Waals surface area (Å²) in [6.07, 6.45) is 3.25. The van der Waals surface area contributed by atoms with Gasteiger partial charge in [0.2, 0.25) is 0 Å². The normalized spacial score (nSPS) is 20.0. The molecule has 2 aromatic heterocycles. The first-order valence-corrected chi connectivity index (χ1v) is 7.99. The summed E-state index contributed by atoms with van der Waals surface area (Å²) in [4.78, 5) is 18.2. The molecule has 128 valence electrons. The lowest BCUT2D eigenvalue weighted by atomic mass is 9.79. The Morgan fingerprint density at radius 1 is 1.38 bits per heavy atom. The Morgan fingerprint density at radius 2 is 2.12 bits per heavy atom. The first-order chi connectivity index (χ1) is 11.4. The Balaban J connectivity index is 1.55. The van der Waals surface area contributed by atoms with Gasteiger partial charge in [0, 0.05) is 25.2 Å². The highest BCUT2D eigenvalue weighted by atomic mass is 16.1. The van der Waals surface area contributed by atoms with E-state index in [1.807, 2.05) is 21.1 Å². The first-order valence-electron chi connectivity index (χ1n) is 7.99. The molecule has 0 aliphatic heterocycles. The highest BCUT2D eigenvalue weighted by Gasteiger charge is 2.35. The van der Waals surface area contributed by atoms with Gasteiger partial charge in [-0.2, -0.15) is 0 Å². The van der Waals surface area contributed by atoms with Crippen LogP contribution in [-0.2, 0) is 13.6 Å². The number of hydrogen-bond acceptors (Lipinski definition) is 6. The van der Waals surface area contributed by atoms with E-state index in [9.17, 15) is 4.79 Å². The van der Waals surface area contributed by atoms with Crippen LogP contribution in [0.15, 0.2) is 18.3 Å². The van der Waals surface area contributed by atoms with Crippen LogP contribution >= 0.6 is 0 Å². The van der Waals surface area contributed by atoms with Gasteiger partial charge in [0.25, 0.3) is 5.91 Å². The number of anilines is 1. The van der Waals surface area contributed by atoms with Crippen molar-refractivity contribution in [1.82, 2.24) is 30.0 Å². The summed E-state index contributed by atoms with van der Waals surface area (Å²) in [5, 5.41) is 11.6. The van der Waals surface area contributed by atoms with Crippen molar-refractivity contribution in [3.05, 3.63) is 35.5 Å². The van der Waals surface area contributed by atoms with E-state index in [1.54, 1.807) is 12.1 Å². The van der Waals surface area contributed by atoms with Gasteiger partial charge in [0.1, 0.15) is 17.5 Å². The number of nitrogens with zero attached hydrogens (tertiary/aromatic N) is 5. The summed E-state index contributed by atoms with van der Waals surface area (Å²) in [5.41, 5.74) is 6.06. The minimum absolute atomic E-state index is 0.114. The van der Waals surface area contributed by atoms with Crippen LogP contribution in [0.2, 0.25) is 0 Å². The zero-order valence-electron chi connectivity index (χ0n) is 14.2.